The fourth-order valence-corrected chi connectivity index (χ4v) is 16.8. The summed E-state index contributed by atoms with van der Waals surface area (Å²) in [5, 5.41) is 52.0. The van der Waals surface area contributed by atoms with Crippen LogP contribution in [-0.2, 0) is 75.9 Å². The zero-order valence-electron chi connectivity index (χ0n) is 68.7. The number of carbonyl (C=O) groups is 9. The molecular formula is C76H126N16O18S2. The van der Waals surface area contributed by atoms with E-state index in [-0.39, 0.29) is 113 Å². The highest BCUT2D eigenvalue weighted by molar-refractivity contribution is 7.90. The van der Waals surface area contributed by atoms with Crippen molar-refractivity contribution in [1.82, 2.24) is 62.2 Å². The third-order valence-corrected chi connectivity index (χ3v) is 22.8. The summed E-state index contributed by atoms with van der Waals surface area (Å²) in [5.74, 6) is -6.87. The summed E-state index contributed by atoms with van der Waals surface area (Å²) < 4.78 is 84.6. The van der Waals surface area contributed by atoms with Gasteiger partial charge < -0.3 is 88.3 Å². The lowest BCUT2D eigenvalue weighted by atomic mass is 9.94. The Labute approximate surface area is 660 Å². The number of hydrogen-bond acceptors (Lipinski definition) is 21. The summed E-state index contributed by atoms with van der Waals surface area (Å²) in [4.78, 5) is 127. The fourth-order valence-electron chi connectivity index (χ4n) is 13.8. The quantitative estimate of drug-likeness (QED) is 0.0242. The molecule has 8 amide bonds. The van der Waals surface area contributed by atoms with E-state index in [0.29, 0.717) is 89.9 Å². The van der Waals surface area contributed by atoms with Crippen molar-refractivity contribution < 1.29 is 84.0 Å². The number of ether oxygens (including phenoxy) is 4. The SMILES string of the molecule is Cc1c(C)c(S(=O)(=O)NC(=N)NCCC[C@H](NC(=O)[C@H](CCCCNC(=O)OC(C)(C)C)NC(=O)[C@@H](N)CCCCNC(=O)OC(C)(C)C)C(=O)N[C@@H](CCCNC(=N)NS(=O)(=O)c2c(C)c(C)c3c(c2C)CC(C)(C)O3)C(=O)N2CCC[C@H]2C(=O)N[C@H](C(=O)N[C@@H](CCCCN)C(=O)O)C(C)C)c(C)c2c1OC(C)(C)C2. The molecule has 0 bridgehead atoms. The molecule has 0 aromatic heterocycles. The van der Waals surface area contributed by atoms with Crippen LogP contribution in [0, 0.1) is 58.3 Å². The molecule has 3 aliphatic rings. The van der Waals surface area contributed by atoms with Gasteiger partial charge in [-0.05, 0) is 253 Å². The summed E-state index contributed by atoms with van der Waals surface area (Å²) in [6, 6.07) is -9.54. The lowest BCUT2D eigenvalue weighted by Gasteiger charge is -2.31. The monoisotopic (exact) mass is 1610 g/mol. The molecule has 2 aromatic carbocycles. The minimum absolute atomic E-state index is 0.0214. The van der Waals surface area contributed by atoms with Gasteiger partial charge in [0.1, 0.15) is 70.2 Å². The second-order valence-corrected chi connectivity index (χ2v) is 36.2. The fraction of sp³-hybridized carbons (Fsp3) is 0.697. The number of likely N-dealkylation sites (tertiary alicyclic amines) is 1. The number of benzene rings is 2. The van der Waals surface area contributed by atoms with E-state index >= 15 is 14.4 Å². The van der Waals surface area contributed by atoms with Crippen molar-refractivity contribution in [3.05, 3.63) is 44.5 Å². The van der Waals surface area contributed by atoms with Gasteiger partial charge in [0.05, 0.1) is 15.8 Å². The number of nitrogens with one attached hydrogen (secondary N) is 13. The average molecular weight is 1620 g/mol. The third kappa shape index (κ3) is 27.5. The van der Waals surface area contributed by atoms with Gasteiger partial charge in [0.2, 0.25) is 47.4 Å². The first kappa shape index (κ1) is 93.8. The number of hydrogen-bond donors (Lipinski definition) is 16. The number of alkyl carbamates (subject to hydrolysis) is 2. The van der Waals surface area contributed by atoms with Gasteiger partial charge in [0, 0.05) is 56.7 Å². The van der Waals surface area contributed by atoms with Crippen LogP contribution in [0.25, 0.3) is 0 Å². The number of guanidine groups is 2. The minimum atomic E-state index is -4.41. The van der Waals surface area contributed by atoms with E-state index in [2.05, 4.69) is 57.3 Å². The highest BCUT2D eigenvalue weighted by Gasteiger charge is 2.43. The molecule has 0 unspecified atom stereocenters. The Balaban J connectivity index is 1.50. The Kier molecular flexibility index (Phi) is 33.8. The van der Waals surface area contributed by atoms with Gasteiger partial charge in [-0.1, -0.05) is 13.8 Å². The summed E-state index contributed by atoms with van der Waals surface area (Å²) in [6.45, 7) is 31.5. The first-order valence-corrected chi connectivity index (χ1v) is 41.7. The van der Waals surface area contributed by atoms with E-state index in [1.54, 1.807) is 96.9 Å². The average Bonchev–Trinajstić information content (AvgIpc) is 1.54. The van der Waals surface area contributed by atoms with E-state index in [4.69, 9.17) is 41.2 Å². The lowest BCUT2D eigenvalue weighted by molar-refractivity contribution is -0.144. The second kappa shape index (κ2) is 40.3. The van der Waals surface area contributed by atoms with E-state index in [1.807, 2.05) is 27.7 Å². The number of rotatable bonds is 39. The minimum Gasteiger partial charge on any atom is -0.487 e. The molecule has 34 nitrogen and oxygen atoms in total. The standard InChI is InChI=1S/C76H126N16O18S2/c1-42(2)57(66(97)88-55(68(99)100)30-19-22-34-77)89-65(96)56-33-27-39-92(56)67(98)54(32-26-38-82-70(80)91-112(105,106)61-46(6)44(4)59-50(48(61)8)41-76(17,18)108-59)87-64(95)53(31-25-37-81-69(79)90-111(103,104)60-45(5)43(3)58-49(47(60)7)40-75(15,16)107-58)86-63(94)52(29-21-24-36-84-72(102)110-74(12,13)14)85-62(93)51(78)28-20-23-35-83-71(101)109-73(9,10)11/h42,51-57H,19-41,77-78H2,1-18H3,(H,83,101)(H,84,102)(H,85,93)(H,86,94)(H,87,95)(H,88,97)(H,89,96)(H,99,100)(H3,79,81,90)(H3,80,82,91)/t51-,52-,53-,54-,55-,56-,57-/m0/s1. The normalized spacial score (nSPS) is 16.6. The third-order valence-electron chi connectivity index (χ3n) is 19.6. The van der Waals surface area contributed by atoms with Crippen molar-refractivity contribution in [3.63, 3.8) is 0 Å². The number of fused-ring (bicyclic) bond motifs is 2. The first-order valence-electron chi connectivity index (χ1n) is 38.7. The van der Waals surface area contributed by atoms with Crippen LogP contribution < -0.4 is 78.2 Å². The van der Waals surface area contributed by atoms with Crippen molar-refractivity contribution >= 4 is 85.6 Å². The molecule has 0 saturated carbocycles. The predicted octanol–water partition coefficient (Wildman–Crippen LogP) is 4.83. The van der Waals surface area contributed by atoms with Crippen molar-refractivity contribution in [3.8, 4) is 11.5 Å². The number of amides is 8. The number of nitrogens with two attached hydrogens (primary N) is 2. The number of carbonyl (C=O) groups excluding carboxylic acids is 8. The predicted molar refractivity (Wildman–Crippen MR) is 423 cm³/mol. The number of carboxylic acid groups (broad SMARTS) is 1. The Bertz CT molecular complexity index is 4010. The van der Waals surface area contributed by atoms with Crippen LogP contribution in [0.1, 0.15) is 224 Å². The van der Waals surface area contributed by atoms with Gasteiger partial charge in [-0.2, -0.15) is 0 Å². The molecule has 0 spiro atoms. The molecule has 7 atom stereocenters. The van der Waals surface area contributed by atoms with Gasteiger partial charge in [-0.25, -0.2) is 40.7 Å². The number of aliphatic carboxylic acids is 1. The van der Waals surface area contributed by atoms with Crippen LogP contribution in [-0.4, -0.2) is 196 Å². The van der Waals surface area contributed by atoms with Crippen LogP contribution in [0.15, 0.2) is 9.79 Å². The molecular weight excluding hydrogens is 1490 g/mol. The Morgan fingerprint density at radius 2 is 0.929 bits per heavy atom. The van der Waals surface area contributed by atoms with Crippen LogP contribution in [0.2, 0.25) is 0 Å². The smallest absolute Gasteiger partial charge is 0.407 e. The molecule has 112 heavy (non-hydrogen) atoms. The Morgan fingerprint density at radius 3 is 1.37 bits per heavy atom. The van der Waals surface area contributed by atoms with E-state index in [0.717, 1.165) is 11.1 Å². The molecule has 36 heteroatoms. The summed E-state index contributed by atoms with van der Waals surface area (Å²) in [6.07, 6.45) is 1.46. The molecule has 630 valence electrons. The summed E-state index contributed by atoms with van der Waals surface area (Å²) in [5.41, 5.74) is 13.8. The summed E-state index contributed by atoms with van der Waals surface area (Å²) in [7, 11) is -8.82. The second-order valence-electron chi connectivity index (χ2n) is 32.9. The molecule has 0 aliphatic carbocycles. The number of nitrogens with zero attached hydrogens (tertiary/aromatic N) is 1. The molecule has 1 fully saturated rings. The topological polar surface area (TPSA) is 514 Å². The highest BCUT2D eigenvalue weighted by atomic mass is 32.2. The largest absolute Gasteiger partial charge is 0.487 e. The zero-order chi connectivity index (χ0) is 84.3. The van der Waals surface area contributed by atoms with E-state index in [9.17, 15) is 50.7 Å². The number of sulfonamides is 2. The van der Waals surface area contributed by atoms with Crippen LogP contribution in [0.4, 0.5) is 9.59 Å². The molecule has 3 aliphatic heterocycles. The van der Waals surface area contributed by atoms with Crippen LogP contribution >= 0.6 is 0 Å². The Morgan fingerprint density at radius 1 is 0.536 bits per heavy atom. The maximum atomic E-state index is 15.4. The lowest BCUT2D eigenvalue weighted by Crippen LogP contribution is -2.60. The van der Waals surface area contributed by atoms with Crippen molar-refractivity contribution in [2.24, 2.45) is 17.4 Å². The van der Waals surface area contributed by atoms with Crippen molar-refractivity contribution in [2.75, 3.05) is 39.3 Å². The first-order chi connectivity index (χ1) is 51.9. The van der Waals surface area contributed by atoms with Gasteiger partial charge in [0.25, 0.3) is 20.0 Å². The van der Waals surface area contributed by atoms with Gasteiger partial charge in [-0.15, -0.1) is 0 Å². The maximum Gasteiger partial charge on any atom is 0.407 e. The molecule has 1 saturated heterocycles. The number of carboxylic acids is 1. The van der Waals surface area contributed by atoms with E-state index in [1.165, 1.54) is 4.90 Å². The van der Waals surface area contributed by atoms with Gasteiger partial charge in [-0.3, -0.25) is 39.6 Å². The molecule has 5 rings (SSSR count). The van der Waals surface area contributed by atoms with Crippen LogP contribution in [0.3, 0.4) is 0 Å². The van der Waals surface area contributed by atoms with Crippen molar-refractivity contribution in [1.29, 1.82) is 10.8 Å². The molecule has 18 N–H and O–H groups in total. The van der Waals surface area contributed by atoms with Gasteiger partial charge in [0.15, 0.2) is 0 Å². The van der Waals surface area contributed by atoms with E-state index < -0.39 is 156 Å². The molecule has 0 radical (unpaired) electrons. The van der Waals surface area contributed by atoms with Gasteiger partial charge >= 0.3 is 18.2 Å². The zero-order valence-corrected chi connectivity index (χ0v) is 70.3. The highest BCUT2D eigenvalue weighted by Crippen LogP contribution is 2.45. The summed E-state index contributed by atoms with van der Waals surface area (Å²) >= 11 is 0. The molecule has 3 heterocycles. The maximum absolute atomic E-state index is 15.4. The number of unbranched alkanes of at least 4 members (excludes halogenated alkanes) is 3. The van der Waals surface area contributed by atoms with Crippen LogP contribution in [0.5, 0.6) is 11.5 Å². The van der Waals surface area contributed by atoms with Crippen molar-refractivity contribution in [2.45, 2.75) is 308 Å². The Hall–Kier alpha value is -8.77. The molecule has 2 aromatic rings.